The van der Waals surface area contributed by atoms with Crippen molar-refractivity contribution in [3.8, 4) is 0 Å². The largest absolute Gasteiger partial charge is 0.416 e. The first-order valence-electron chi connectivity index (χ1n) is 7.77. The fourth-order valence-corrected chi connectivity index (χ4v) is 2.62. The van der Waals surface area contributed by atoms with E-state index >= 15 is 0 Å². The van der Waals surface area contributed by atoms with Gasteiger partial charge in [-0.2, -0.15) is 13.2 Å². The molecule has 1 unspecified atom stereocenters. The fourth-order valence-electron chi connectivity index (χ4n) is 1.98. The van der Waals surface area contributed by atoms with Crippen molar-refractivity contribution in [3.63, 3.8) is 0 Å². The normalized spacial score (nSPS) is 14.6. The number of hydrogen-bond donors (Lipinski definition) is 4. The minimum absolute atomic E-state index is 0.0636. The van der Waals surface area contributed by atoms with Crippen LogP contribution in [0.3, 0.4) is 0 Å². The molecule has 0 saturated heterocycles. The maximum Gasteiger partial charge on any atom is 0.416 e. The molecule has 0 aliphatic carbocycles. The Kier molecular flexibility index (Phi) is 7.13. The Labute approximate surface area is 157 Å². The minimum Gasteiger partial charge on any atom is -0.364 e. The van der Waals surface area contributed by atoms with E-state index in [1.165, 1.54) is 25.9 Å². The Morgan fingerprint density at radius 2 is 2.11 bits per heavy atom. The monoisotopic (exact) mass is 422 g/mol. The molecule has 0 aliphatic rings. The van der Waals surface area contributed by atoms with Crippen LogP contribution >= 0.6 is 7.52 Å². The van der Waals surface area contributed by atoms with Crippen LogP contribution < -0.4 is 15.9 Å². The van der Waals surface area contributed by atoms with Crippen molar-refractivity contribution in [2.75, 3.05) is 32.2 Å². The molecule has 10 nitrogen and oxygen atoms in total. The van der Waals surface area contributed by atoms with E-state index in [1.807, 2.05) is 0 Å². The van der Waals surface area contributed by atoms with E-state index < -0.39 is 19.3 Å². The second kappa shape index (κ2) is 9.15. The van der Waals surface area contributed by atoms with Gasteiger partial charge in [0.15, 0.2) is 11.5 Å². The van der Waals surface area contributed by atoms with E-state index in [0.717, 1.165) is 12.1 Å². The molecule has 0 amide bonds. The zero-order valence-corrected chi connectivity index (χ0v) is 15.7. The number of amidine groups is 1. The lowest BCUT2D eigenvalue weighted by atomic mass is 10.2. The summed E-state index contributed by atoms with van der Waals surface area (Å²) >= 11 is 0. The molecule has 14 heteroatoms. The molecule has 4 N–H and O–H groups in total. The molecule has 2 aromatic rings. The molecule has 0 spiro atoms. The van der Waals surface area contributed by atoms with Gasteiger partial charge in [-0.25, -0.2) is 14.7 Å². The quantitative estimate of drug-likeness (QED) is 0.166. The number of aliphatic imine (C=N–C) groups is 1. The molecule has 1 aromatic carbocycles. The van der Waals surface area contributed by atoms with Crippen LogP contribution in [-0.4, -0.2) is 48.2 Å². The standard InChI is InChI=1S/C14H18F3N6O4P/c1-26-28(2,25)19-7-6-18-12-11(22-27-23-12)13(21-24)20-10-5-3-4-9(8-10)14(15,16)17/h3-5,8,24H,6-7H2,1-2H3,(H,18,23)(H,19,25)(H,20,21). The third-order valence-corrected chi connectivity index (χ3v) is 4.89. The maximum absolute atomic E-state index is 12.8. The van der Waals surface area contributed by atoms with Crippen molar-refractivity contribution in [2.45, 2.75) is 6.18 Å². The summed E-state index contributed by atoms with van der Waals surface area (Å²) in [6.07, 6.45) is -4.53. The van der Waals surface area contributed by atoms with Crippen molar-refractivity contribution in [1.29, 1.82) is 0 Å². The molecular formula is C14H18F3N6O4P. The van der Waals surface area contributed by atoms with Crippen molar-refractivity contribution in [2.24, 2.45) is 4.99 Å². The van der Waals surface area contributed by atoms with Crippen LogP contribution in [0.4, 0.5) is 24.7 Å². The molecule has 0 fully saturated rings. The summed E-state index contributed by atoms with van der Waals surface area (Å²) in [5.41, 5.74) is 0.730. The van der Waals surface area contributed by atoms with Crippen LogP contribution in [0.15, 0.2) is 33.9 Å². The molecule has 0 saturated carbocycles. The second-order valence-corrected chi connectivity index (χ2v) is 7.82. The zero-order chi connectivity index (χ0) is 20.8. The van der Waals surface area contributed by atoms with Crippen molar-refractivity contribution >= 4 is 24.9 Å². The zero-order valence-electron chi connectivity index (χ0n) is 14.8. The number of nitrogens with one attached hydrogen (secondary N) is 3. The molecule has 28 heavy (non-hydrogen) atoms. The molecule has 0 bridgehead atoms. The van der Waals surface area contributed by atoms with Crippen LogP contribution in [0.1, 0.15) is 11.3 Å². The van der Waals surface area contributed by atoms with E-state index in [0.29, 0.717) is 0 Å². The third-order valence-electron chi connectivity index (χ3n) is 3.40. The predicted molar refractivity (Wildman–Crippen MR) is 93.9 cm³/mol. The van der Waals surface area contributed by atoms with Gasteiger partial charge < -0.3 is 9.84 Å². The smallest absolute Gasteiger partial charge is 0.364 e. The lowest BCUT2D eigenvalue weighted by Crippen LogP contribution is -2.24. The van der Waals surface area contributed by atoms with Gasteiger partial charge in [-0.15, -0.1) is 0 Å². The Bertz CT molecular complexity index is 873. The Morgan fingerprint density at radius 3 is 2.75 bits per heavy atom. The minimum atomic E-state index is -4.53. The fraction of sp³-hybridized carbons (Fsp3) is 0.357. The van der Waals surface area contributed by atoms with Crippen LogP contribution in [0.25, 0.3) is 0 Å². The van der Waals surface area contributed by atoms with E-state index in [9.17, 15) is 22.9 Å². The lowest BCUT2D eigenvalue weighted by molar-refractivity contribution is -0.137. The highest BCUT2D eigenvalue weighted by Crippen LogP contribution is 2.35. The molecule has 1 atom stereocenters. The number of halogens is 3. The Morgan fingerprint density at radius 1 is 1.36 bits per heavy atom. The highest BCUT2D eigenvalue weighted by Gasteiger charge is 2.30. The maximum atomic E-state index is 12.8. The van der Waals surface area contributed by atoms with Gasteiger partial charge in [0.1, 0.15) is 0 Å². The van der Waals surface area contributed by atoms with Crippen LogP contribution in [0, 0.1) is 0 Å². The molecule has 2 rings (SSSR count). The third kappa shape index (κ3) is 6.02. The van der Waals surface area contributed by atoms with Crippen molar-refractivity contribution in [1.82, 2.24) is 20.9 Å². The Balaban J connectivity index is 2.14. The first kappa shape index (κ1) is 21.8. The van der Waals surface area contributed by atoms with Gasteiger partial charge in [0, 0.05) is 26.9 Å². The summed E-state index contributed by atoms with van der Waals surface area (Å²) < 4.78 is 59.5. The number of rotatable bonds is 8. The molecule has 0 aliphatic heterocycles. The van der Waals surface area contributed by atoms with Gasteiger partial charge >= 0.3 is 6.18 Å². The van der Waals surface area contributed by atoms with E-state index in [1.54, 1.807) is 5.48 Å². The van der Waals surface area contributed by atoms with Gasteiger partial charge in [-0.3, -0.25) is 15.3 Å². The van der Waals surface area contributed by atoms with Crippen LogP contribution in [0.5, 0.6) is 0 Å². The molecule has 1 heterocycles. The first-order chi connectivity index (χ1) is 13.2. The topological polar surface area (TPSA) is 134 Å². The summed E-state index contributed by atoms with van der Waals surface area (Å²) in [7, 11) is -1.59. The molecule has 0 radical (unpaired) electrons. The lowest BCUT2D eigenvalue weighted by Gasteiger charge is -2.12. The van der Waals surface area contributed by atoms with E-state index in [-0.39, 0.29) is 36.1 Å². The van der Waals surface area contributed by atoms with Gasteiger partial charge in [-0.05, 0) is 28.5 Å². The van der Waals surface area contributed by atoms with E-state index in [4.69, 9.17) is 4.52 Å². The Hall–Kier alpha value is -2.47. The number of aromatic nitrogens is 2. The molecule has 154 valence electrons. The summed E-state index contributed by atoms with van der Waals surface area (Å²) in [6.45, 7) is 1.87. The average Bonchev–Trinajstić information content (AvgIpc) is 3.11. The van der Waals surface area contributed by atoms with Crippen LogP contribution in [0.2, 0.25) is 0 Å². The predicted octanol–water partition coefficient (Wildman–Crippen LogP) is 2.62. The number of anilines is 1. The van der Waals surface area contributed by atoms with Crippen LogP contribution in [-0.2, 0) is 15.3 Å². The van der Waals surface area contributed by atoms with Gasteiger partial charge in [0.2, 0.25) is 5.82 Å². The molecular weight excluding hydrogens is 404 g/mol. The van der Waals surface area contributed by atoms with Gasteiger partial charge in [-0.1, -0.05) is 6.07 Å². The highest BCUT2D eigenvalue weighted by atomic mass is 31.2. The second-order valence-electron chi connectivity index (χ2n) is 5.45. The summed E-state index contributed by atoms with van der Waals surface area (Å²) in [5.74, 6) is -0.216. The summed E-state index contributed by atoms with van der Waals surface area (Å²) in [6, 6.07) is 4.21. The molecule has 1 aromatic heterocycles. The first-order valence-corrected chi connectivity index (χ1v) is 9.84. The number of nitrogens with zero attached hydrogens (tertiary/aromatic N) is 3. The van der Waals surface area contributed by atoms with Gasteiger partial charge in [0.25, 0.3) is 7.52 Å². The SMILES string of the molecule is COP(C)(=O)NCCNc1nonc1C(=Nc1cccc(C(F)(F)F)c1)NO. The number of hydrogen-bond acceptors (Lipinski definition) is 8. The van der Waals surface area contributed by atoms with Crippen molar-refractivity contribution < 1.29 is 32.1 Å². The number of hydroxylamine groups is 1. The average molecular weight is 422 g/mol. The highest BCUT2D eigenvalue weighted by molar-refractivity contribution is 7.56. The number of alkyl halides is 3. The summed E-state index contributed by atoms with van der Waals surface area (Å²) in [5, 5.41) is 22.0. The summed E-state index contributed by atoms with van der Waals surface area (Å²) in [4.78, 5) is 3.91. The van der Waals surface area contributed by atoms with E-state index in [2.05, 4.69) is 30.3 Å². The van der Waals surface area contributed by atoms with Gasteiger partial charge in [0.05, 0.1) is 11.3 Å². The van der Waals surface area contributed by atoms with Crippen molar-refractivity contribution in [3.05, 3.63) is 35.5 Å². The number of benzene rings is 1.